The van der Waals surface area contributed by atoms with Gasteiger partial charge in [-0.3, -0.25) is 4.79 Å². The number of hydrogen-bond acceptors (Lipinski definition) is 5. The number of nitrogens with zero attached hydrogens (tertiary/aromatic N) is 2. The van der Waals surface area contributed by atoms with Crippen LogP contribution in [0.5, 0.6) is 0 Å². The van der Waals surface area contributed by atoms with Crippen LogP contribution >= 0.6 is 0 Å². The van der Waals surface area contributed by atoms with Crippen molar-refractivity contribution < 1.29 is 9.90 Å². The number of nitrogens with one attached hydrogen (secondary N) is 1. The van der Waals surface area contributed by atoms with Crippen molar-refractivity contribution in [3.05, 3.63) is 23.9 Å². The van der Waals surface area contributed by atoms with Gasteiger partial charge in [0, 0.05) is 25.9 Å². The van der Waals surface area contributed by atoms with Crippen molar-refractivity contribution >= 4 is 11.7 Å². The van der Waals surface area contributed by atoms with E-state index in [9.17, 15) is 4.79 Å². The molecule has 2 rings (SSSR count). The molecule has 0 aliphatic carbocycles. The zero-order valence-corrected chi connectivity index (χ0v) is 10.9. The zero-order chi connectivity index (χ0) is 13.7. The molecule has 1 atom stereocenters. The summed E-state index contributed by atoms with van der Waals surface area (Å²) in [5.41, 5.74) is 3.01. The molecule has 0 aromatic carbocycles. The number of aliphatic hydroxyl groups excluding tert-OH is 1. The van der Waals surface area contributed by atoms with Gasteiger partial charge in [0.2, 0.25) is 0 Å². The number of amides is 1. The summed E-state index contributed by atoms with van der Waals surface area (Å²) in [5.74, 6) is 6.18. The van der Waals surface area contributed by atoms with Gasteiger partial charge < -0.3 is 15.4 Å². The number of anilines is 1. The third kappa shape index (κ3) is 3.42. The summed E-state index contributed by atoms with van der Waals surface area (Å²) in [6.07, 6.45) is 4.37. The Labute approximate surface area is 112 Å². The van der Waals surface area contributed by atoms with Gasteiger partial charge in [0.05, 0.1) is 5.56 Å². The van der Waals surface area contributed by atoms with Crippen molar-refractivity contribution in [1.82, 2.24) is 9.88 Å². The summed E-state index contributed by atoms with van der Waals surface area (Å²) in [6.45, 7) is 1.68. The lowest BCUT2D eigenvalue weighted by atomic mass is 9.95. The van der Waals surface area contributed by atoms with E-state index >= 15 is 0 Å². The fourth-order valence-electron chi connectivity index (χ4n) is 2.46. The Morgan fingerprint density at radius 3 is 3.05 bits per heavy atom. The first-order valence-electron chi connectivity index (χ1n) is 6.57. The number of piperidine rings is 1. The second kappa shape index (κ2) is 6.49. The molecule has 0 spiro atoms. The van der Waals surface area contributed by atoms with E-state index in [0.717, 1.165) is 32.4 Å². The van der Waals surface area contributed by atoms with E-state index in [1.807, 2.05) is 4.90 Å². The maximum absolute atomic E-state index is 12.3. The first-order chi connectivity index (χ1) is 9.24. The standard InChI is InChI=1S/C13H20N4O2/c14-16-12-4-3-11(8-15-12)13(19)17-6-1-2-10(9-17)5-7-18/h3-4,8,10,18H,1-2,5-7,9,14H2,(H,15,16). The minimum absolute atomic E-state index is 0.00119. The third-order valence-electron chi connectivity index (χ3n) is 3.50. The lowest BCUT2D eigenvalue weighted by Gasteiger charge is -2.32. The van der Waals surface area contributed by atoms with Crippen LogP contribution in [0.25, 0.3) is 0 Å². The highest BCUT2D eigenvalue weighted by Crippen LogP contribution is 2.21. The molecule has 104 valence electrons. The number of hydrogen-bond donors (Lipinski definition) is 3. The molecule has 1 amide bonds. The number of carbonyl (C=O) groups is 1. The number of aromatic nitrogens is 1. The molecular weight excluding hydrogens is 244 g/mol. The molecule has 1 aliphatic rings. The average Bonchev–Trinajstić information content (AvgIpc) is 2.47. The van der Waals surface area contributed by atoms with Crippen molar-refractivity contribution in [1.29, 1.82) is 0 Å². The smallest absolute Gasteiger partial charge is 0.255 e. The Bertz CT molecular complexity index is 419. The number of rotatable bonds is 4. The highest BCUT2D eigenvalue weighted by atomic mass is 16.3. The molecule has 1 saturated heterocycles. The number of pyridine rings is 1. The quantitative estimate of drug-likeness (QED) is 0.547. The van der Waals surface area contributed by atoms with Crippen LogP contribution in [0.15, 0.2) is 18.3 Å². The van der Waals surface area contributed by atoms with Crippen LogP contribution in [0.4, 0.5) is 5.82 Å². The van der Waals surface area contributed by atoms with Crippen molar-refractivity contribution in [2.75, 3.05) is 25.1 Å². The highest BCUT2D eigenvalue weighted by molar-refractivity contribution is 5.94. The second-order valence-corrected chi connectivity index (χ2v) is 4.85. The fraction of sp³-hybridized carbons (Fsp3) is 0.538. The second-order valence-electron chi connectivity index (χ2n) is 4.85. The number of hydrazine groups is 1. The van der Waals surface area contributed by atoms with Gasteiger partial charge in [-0.1, -0.05) is 0 Å². The molecule has 0 bridgehead atoms. The van der Waals surface area contributed by atoms with Gasteiger partial charge in [-0.25, -0.2) is 10.8 Å². The van der Waals surface area contributed by atoms with Crippen molar-refractivity contribution in [2.45, 2.75) is 19.3 Å². The molecular formula is C13H20N4O2. The Hall–Kier alpha value is -1.66. The van der Waals surface area contributed by atoms with Crippen LogP contribution in [-0.4, -0.2) is 40.6 Å². The molecule has 6 heteroatoms. The fourth-order valence-corrected chi connectivity index (χ4v) is 2.46. The summed E-state index contributed by atoms with van der Waals surface area (Å²) in [7, 11) is 0. The van der Waals surface area contributed by atoms with Crippen LogP contribution in [0, 0.1) is 5.92 Å². The Kier molecular flexibility index (Phi) is 4.70. The van der Waals surface area contributed by atoms with Crippen molar-refractivity contribution in [3.63, 3.8) is 0 Å². The van der Waals surface area contributed by atoms with E-state index in [-0.39, 0.29) is 12.5 Å². The van der Waals surface area contributed by atoms with Gasteiger partial charge in [-0.2, -0.15) is 0 Å². The molecule has 6 nitrogen and oxygen atoms in total. The summed E-state index contributed by atoms with van der Waals surface area (Å²) in [5, 5.41) is 8.99. The van der Waals surface area contributed by atoms with Crippen LogP contribution in [0.1, 0.15) is 29.6 Å². The Balaban J connectivity index is 2.01. The molecule has 2 heterocycles. The third-order valence-corrected chi connectivity index (χ3v) is 3.50. The number of likely N-dealkylation sites (tertiary alicyclic amines) is 1. The van der Waals surface area contributed by atoms with Gasteiger partial charge in [0.1, 0.15) is 5.82 Å². The number of aliphatic hydroxyl groups is 1. The number of nitrogen functional groups attached to an aromatic ring is 1. The van der Waals surface area contributed by atoms with E-state index in [1.54, 1.807) is 12.1 Å². The summed E-state index contributed by atoms with van der Waals surface area (Å²) in [6, 6.07) is 3.41. The zero-order valence-electron chi connectivity index (χ0n) is 10.9. The van der Waals surface area contributed by atoms with E-state index < -0.39 is 0 Å². The lowest BCUT2D eigenvalue weighted by molar-refractivity contribution is 0.0653. The molecule has 0 radical (unpaired) electrons. The molecule has 4 N–H and O–H groups in total. The monoisotopic (exact) mass is 264 g/mol. The molecule has 1 aliphatic heterocycles. The van der Waals surface area contributed by atoms with Crippen LogP contribution in [-0.2, 0) is 0 Å². The van der Waals surface area contributed by atoms with Gasteiger partial charge in [0.15, 0.2) is 0 Å². The predicted octanol–water partition coefficient (Wildman–Crippen LogP) is 0.602. The summed E-state index contributed by atoms with van der Waals surface area (Å²) in [4.78, 5) is 18.2. The first kappa shape index (κ1) is 13.8. The van der Waals surface area contributed by atoms with Gasteiger partial charge in [-0.15, -0.1) is 0 Å². The molecule has 19 heavy (non-hydrogen) atoms. The lowest BCUT2D eigenvalue weighted by Crippen LogP contribution is -2.40. The average molecular weight is 264 g/mol. The molecule has 1 aromatic heterocycles. The van der Waals surface area contributed by atoms with Crippen molar-refractivity contribution in [3.8, 4) is 0 Å². The topological polar surface area (TPSA) is 91.5 Å². The Morgan fingerprint density at radius 1 is 1.58 bits per heavy atom. The normalized spacial score (nSPS) is 19.3. The summed E-state index contributed by atoms with van der Waals surface area (Å²) >= 11 is 0. The van der Waals surface area contributed by atoms with Gasteiger partial charge >= 0.3 is 0 Å². The maximum atomic E-state index is 12.3. The minimum Gasteiger partial charge on any atom is -0.396 e. The Morgan fingerprint density at radius 2 is 2.42 bits per heavy atom. The van der Waals surface area contributed by atoms with Gasteiger partial charge in [-0.05, 0) is 37.3 Å². The molecule has 1 unspecified atom stereocenters. The number of nitrogens with two attached hydrogens (primary N) is 1. The van der Waals surface area contributed by atoms with E-state index in [4.69, 9.17) is 10.9 Å². The van der Waals surface area contributed by atoms with E-state index in [2.05, 4.69) is 10.4 Å². The maximum Gasteiger partial charge on any atom is 0.255 e. The SMILES string of the molecule is NNc1ccc(C(=O)N2CCCC(CCO)C2)cn1. The van der Waals surface area contributed by atoms with Crippen LogP contribution in [0.3, 0.4) is 0 Å². The van der Waals surface area contributed by atoms with Gasteiger partial charge in [0.25, 0.3) is 5.91 Å². The summed E-state index contributed by atoms with van der Waals surface area (Å²) < 4.78 is 0. The molecule has 1 fully saturated rings. The first-order valence-corrected chi connectivity index (χ1v) is 6.57. The molecule has 1 aromatic rings. The minimum atomic E-state index is -0.00119. The van der Waals surface area contributed by atoms with Crippen LogP contribution < -0.4 is 11.3 Å². The molecule has 0 saturated carbocycles. The number of carbonyl (C=O) groups excluding carboxylic acids is 1. The van der Waals surface area contributed by atoms with E-state index in [0.29, 0.717) is 17.3 Å². The highest BCUT2D eigenvalue weighted by Gasteiger charge is 2.24. The van der Waals surface area contributed by atoms with Crippen LogP contribution in [0.2, 0.25) is 0 Å². The largest absolute Gasteiger partial charge is 0.396 e. The predicted molar refractivity (Wildman–Crippen MR) is 72.4 cm³/mol. The van der Waals surface area contributed by atoms with E-state index in [1.165, 1.54) is 6.20 Å². The van der Waals surface area contributed by atoms with Crippen molar-refractivity contribution in [2.24, 2.45) is 11.8 Å².